The third-order valence-electron chi connectivity index (χ3n) is 5.61. The zero-order chi connectivity index (χ0) is 21.4. The summed E-state index contributed by atoms with van der Waals surface area (Å²) in [6, 6.07) is 15.7. The number of nitrogens with zero attached hydrogens (tertiary/aromatic N) is 1. The van der Waals surface area contributed by atoms with Crippen molar-refractivity contribution in [3.8, 4) is 0 Å². The highest BCUT2D eigenvalue weighted by molar-refractivity contribution is 7.92. The van der Waals surface area contributed by atoms with Gasteiger partial charge in [0.25, 0.3) is 5.89 Å². The first-order valence-corrected chi connectivity index (χ1v) is 11.5. The number of hydrogen-bond donors (Lipinski definition) is 1. The van der Waals surface area contributed by atoms with Crippen LogP contribution >= 0.6 is 0 Å². The number of nitrogens with one attached hydrogen (secondary N) is 1. The van der Waals surface area contributed by atoms with Crippen LogP contribution in [0.15, 0.2) is 59.0 Å². The van der Waals surface area contributed by atoms with E-state index in [-0.39, 0.29) is 11.6 Å². The van der Waals surface area contributed by atoms with Crippen LogP contribution in [-0.4, -0.2) is 35.9 Å². The van der Waals surface area contributed by atoms with Crippen LogP contribution in [0.25, 0.3) is 11.1 Å². The van der Waals surface area contributed by atoms with E-state index >= 15 is 0 Å². The molecule has 1 unspecified atom stereocenters. The monoisotopic (exact) mass is 426 g/mol. The number of carbonyl (C=O) groups is 2. The van der Waals surface area contributed by atoms with E-state index < -0.39 is 32.3 Å². The third-order valence-corrected chi connectivity index (χ3v) is 7.64. The van der Waals surface area contributed by atoms with Crippen molar-refractivity contribution < 1.29 is 22.4 Å². The van der Waals surface area contributed by atoms with Crippen LogP contribution in [0.4, 0.5) is 0 Å². The quantitative estimate of drug-likeness (QED) is 0.582. The number of sulfone groups is 1. The Balaban J connectivity index is 1.52. The number of benzene rings is 2. The van der Waals surface area contributed by atoms with Gasteiger partial charge in [-0.25, -0.2) is 13.4 Å². The first-order valence-electron chi connectivity index (χ1n) is 9.79. The molecule has 1 aliphatic rings. The molecule has 1 N–H and O–H groups in total. The summed E-state index contributed by atoms with van der Waals surface area (Å²) in [6.45, 7) is 1.35. The van der Waals surface area contributed by atoms with Crippen LogP contribution < -0.4 is 5.32 Å². The van der Waals surface area contributed by atoms with Crippen molar-refractivity contribution in [2.24, 2.45) is 0 Å². The van der Waals surface area contributed by atoms with Gasteiger partial charge in [0.15, 0.2) is 15.4 Å². The lowest BCUT2D eigenvalue weighted by molar-refractivity contribution is -0.122. The summed E-state index contributed by atoms with van der Waals surface area (Å²) in [5.74, 6) is -1.42. The zero-order valence-corrected chi connectivity index (χ0v) is 17.3. The second-order valence-electron chi connectivity index (χ2n) is 7.68. The summed E-state index contributed by atoms with van der Waals surface area (Å²) in [4.78, 5) is 30.1. The minimum absolute atomic E-state index is 0.0732. The molecule has 4 rings (SSSR count). The second-order valence-corrected chi connectivity index (χ2v) is 10.00. The minimum atomic E-state index is -3.74. The molecule has 8 heteroatoms. The van der Waals surface area contributed by atoms with Crippen LogP contribution in [0, 0.1) is 0 Å². The molecule has 1 atom stereocenters. The van der Waals surface area contributed by atoms with Crippen molar-refractivity contribution >= 4 is 32.6 Å². The van der Waals surface area contributed by atoms with Crippen LogP contribution in [-0.2, 0) is 20.4 Å². The highest BCUT2D eigenvalue weighted by Crippen LogP contribution is 2.36. The Labute approximate surface area is 174 Å². The lowest BCUT2D eigenvalue weighted by Crippen LogP contribution is -2.61. The number of oxazole rings is 1. The van der Waals surface area contributed by atoms with Gasteiger partial charge in [-0.15, -0.1) is 0 Å². The van der Waals surface area contributed by atoms with E-state index in [1.165, 1.54) is 6.92 Å². The lowest BCUT2D eigenvalue weighted by atomic mass is 9.73. The molecule has 0 aliphatic heterocycles. The number of fused-ring (bicyclic) bond motifs is 1. The maximum absolute atomic E-state index is 13.1. The van der Waals surface area contributed by atoms with Crippen molar-refractivity contribution in [2.75, 3.05) is 0 Å². The molecule has 2 aromatic carbocycles. The molecule has 0 spiro atoms. The van der Waals surface area contributed by atoms with Gasteiger partial charge in [-0.05, 0) is 43.9 Å². The van der Waals surface area contributed by atoms with Crippen molar-refractivity contribution in [2.45, 2.75) is 42.7 Å². The molecule has 1 aliphatic carbocycles. The molecular formula is C22H22N2O5S. The predicted molar refractivity (Wildman–Crippen MR) is 112 cm³/mol. The van der Waals surface area contributed by atoms with Crippen LogP contribution in [0.5, 0.6) is 0 Å². The van der Waals surface area contributed by atoms with Gasteiger partial charge in [-0.2, -0.15) is 0 Å². The molecule has 0 radical (unpaired) electrons. The Bertz CT molecular complexity index is 1160. The highest BCUT2D eigenvalue weighted by atomic mass is 32.2. The van der Waals surface area contributed by atoms with E-state index in [1.54, 1.807) is 54.6 Å². The molecular weight excluding hydrogens is 404 g/mol. The molecule has 7 nitrogen and oxygen atoms in total. The van der Waals surface area contributed by atoms with E-state index in [0.29, 0.717) is 29.5 Å². The Morgan fingerprint density at radius 2 is 1.77 bits per heavy atom. The fraction of sp³-hybridized carbons (Fsp3) is 0.318. The van der Waals surface area contributed by atoms with Crippen LogP contribution in [0.1, 0.15) is 42.4 Å². The van der Waals surface area contributed by atoms with E-state index in [9.17, 15) is 18.0 Å². The van der Waals surface area contributed by atoms with Gasteiger partial charge < -0.3 is 9.73 Å². The summed E-state index contributed by atoms with van der Waals surface area (Å²) >= 11 is 0. The minimum Gasteiger partial charge on any atom is -0.434 e. The fourth-order valence-electron chi connectivity index (χ4n) is 3.55. The number of para-hydroxylation sites is 2. The standard InChI is InChI=1S/C22H22N2O5S/c1-15(30(27,28)14-16-8-3-2-4-9-16)20(26)24-22(12-7-13-22)19(25)21-23-17-10-5-6-11-18(17)29-21/h2-6,8-11,15H,7,12-14H2,1H3,(H,24,26). The summed E-state index contributed by atoms with van der Waals surface area (Å²) < 4.78 is 31.0. The van der Waals surface area contributed by atoms with Gasteiger partial charge in [0.1, 0.15) is 16.3 Å². The van der Waals surface area contributed by atoms with Crippen molar-refractivity contribution in [3.05, 3.63) is 66.1 Å². The van der Waals surface area contributed by atoms with E-state index in [1.807, 2.05) is 0 Å². The van der Waals surface area contributed by atoms with Crippen LogP contribution in [0.3, 0.4) is 0 Å². The average molecular weight is 426 g/mol. The predicted octanol–water partition coefficient (Wildman–Crippen LogP) is 3.05. The fourth-order valence-corrected chi connectivity index (χ4v) is 4.84. The number of carbonyl (C=O) groups excluding carboxylic acids is 2. The second kappa shape index (κ2) is 7.68. The molecule has 1 fully saturated rings. The van der Waals surface area contributed by atoms with E-state index in [2.05, 4.69) is 10.3 Å². The van der Waals surface area contributed by atoms with Gasteiger partial charge in [0.05, 0.1) is 5.75 Å². The molecule has 1 amide bonds. The maximum Gasteiger partial charge on any atom is 0.266 e. The summed E-state index contributed by atoms with van der Waals surface area (Å²) in [6.07, 6.45) is 1.58. The van der Waals surface area contributed by atoms with Gasteiger partial charge in [0, 0.05) is 0 Å². The summed E-state index contributed by atoms with van der Waals surface area (Å²) in [5.41, 5.74) is 0.480. The smallest absolute Gasteiger partial charge is 0.266 e. The number of rotatable bonds is 7. The molecule has 156 valence electrons. The SMILES string of the molecule is CC(C(=O)NC1(C(=O)c2nc3ccccc3o2)CCC1)S(=O)(=O)Cc1ccccc1. The molecule has 1 heterocycles. The van der Waals surface area contributed by atoms with Crippen LogP contribution in [0.2, 0.25) is 0 Å². The average Bonchev–Trinajstić information content (AvgIpc) is 3.14. The molecule has 1 saturated carbocycles. The molecule has 30 heavy (non-hydrogen) atoms. The first kappa shape index (κ1) is 20.3. The highest BCUT2D eigenvalue weighted by Gasteiger charge is 2.49. The van der Waals surface area contributed by atoms with Crippen molar-refractivity contribution in [1.82, 2.24) is 10.3 Å². The van der Waals surface area contributed by atoms with Crippen molar-refractivity contribution in [3.63, 3.8) is 0 Å². The molecule has 3 aromatic rings. The molecule has 0 bridgehead atoms. The van der Waals surface area contributed by atoms with Gasteiger partial charge in [0.2, 0.25) is 11.7 Å². The topological polar surface area (TPSA) is 106 Å². The van der Waals surface area contributed by atoms with Gasteiger partial charge in [-0.1, -0.05) is 42.5 Å². The van der Waals surface area contributed by atoms with Crippen molar-refractivity contribution in [1.29, 1.82) is 0 Å². The maximum atomic E-state index is 13.1. The first-order chi connectivity index (χ1) is 14.3. The number of ketones is 1. The summed E-state index contributed by atoms with van der Waals surface area (Å²) in [7, 11) is -3.74. The third kappa shape index (κ3) is 3.75. The van der Waals surface area contributed by atoms with Gasteiger partial charge >= 0.3 is 0 Å². The largest absolute Gasteiger partial charge is 0.434 e. The zero-order valence-electron chi connectivity index (χ0n) is 16.5. The lowest BCUT2D eigenvalue weighted by Gasteiger charge is -2.40. The Morgan fingerprint density at radius 1 is 1.10 bits per heavy atom. The summed E-state index contributed by atoms with van der Waals surface area (Å²) in [5, 5.41) is 1.41. The Morgan fingerprint density at radius 3 is 2.40 bits per heavy atom. The number of Topliss-reactive ketones (excluding diaryl/α,β-unsaturated/α-hetero) is 1. The van der Waals surface area contributed by atoms with Gasteiger partial charge in [-0.3, -0.25) is 9.59 Å². The number of amides is 1. The number of aromatic nitrogens is 1. The number of hydrogen-bond acceptors (Lipinski definition) is 6. The van der Waals surface area contributed by atoms with E-state index in [0.717, 1.165) is 6.42 Å². The molecule has 0 saturated heterocycles. The normalized spacial score (nSPS) is 16.6. The Hall–Kier alpha value is -3.00. The molecule has 1 aromatic heterocycles. The van der Waals surface area contributed by atoms with E-state index in [4.69, 9.17) is 4.42 Å². The Kier molecular flexibility index (Phi) is 5.19.